The summed E-state index contributed by atoms with van der Waals surface area (Å²) in [4.78, 5) is 0. The van der Waals surface area contributed by atoms with Gasteiger partial charge in [0.05, 0.1) is 0 Å². The summed E-state index contributed by atoms with van der Waals surface area (Å²) in [7, 11) is 0. The summed E-state index contributed by atoms with van der Waals surface area (Å²) in [6.45, 7) is 7.75. The monoisotopic (exact) mass is 384 g/mol. The molecular weight excluding hydrogens is 379 g/mol. The third kappa shape index (κ3) is 82.7. The third-order valence-corrected chi connectivity index (χ3v) is 0. The molecule has 0 unspecified atom stereocenters. The predicted molar refractivity (Wildman–Crippen MR) is 47.0 cm³/mol. The second-order valence-electron chi connectivity index (χ2n) is 1.61. The van der Waals surface area contributed by atoms with E-state index in [9.17, 15) is 0 Å². The Balaban J connectivity index is 0. The van der Waals surface area contributed by atoms with E-state index in [0.717, 1.165) is 0 Å². The molecule has 8 heavy (non-hydrogen) atoms. The zero-order chi connectivity index (χ0) is 7.15. The maximum Gasteiger partial charge on any atom is -0.0903 e. The van der Waals surface area contributed by atoms with Crippen LogP contribution in [0.15, 0.2) is 0 Å². The molecule has 0 amide bonds. The van der Waals surface area contributed by atoms with Gasteiger partial charge in [0.2, 0.25) is 0 Å². The molecule has 0 aromatic heterocycles. The smallest absolute Gasteiger partial charge is 0.0903 e. The van der Waals surface area contributed by atoms with Crippen molar-refractivity contribution in [1.82, 2.24) is 0 Å². The van der Waals surface area contributed by atoms with Gasteiger partial charge in [-0.3, -0.25) is 0 Å². The Morgan fingerprint density at radius 3 is 1.25 bits per heavy atom. The van der Waals surface area contributed by atoms with Gasteiger partial charge in [-0.1, -0.05) is 13.8 Å². The molecule has 0 atom stereocenters. The van der Waals surface area contributed by atoms with Gasteiger partial charge in [0.15, 0.2) is 0 Å². The zero-order valence-electron chi connectivity index (χ0n) is 4.92. The molecule has 0 aromatic rings. The normalized spacial score (nSPS) is 7.88. The molecular formula is C4H9Br3Zr-. The van der Waals surface area contributed by atoms with Crippen LogP contribution in [0.25, 0.3) is 0 Å². The largest absolute Gasteiger partial charge is 0.341 e. The Labute approximate surface area is 76.8 Å². The van der Waals surface area contributed by atoms with Crippen molar-refractivity contribution in [3.63, 3.8) is 0 Å². The van der Waals surface area contributed by atoms with Crippen LogP contribution in [0.5, 0.6) is 0 Å². The second-order valence-corrected chi connectivity index (χ2v) is 35.6. The minimum Gasteiger partial charge on any atom is -0.341 e. The first-order chi connectivity index (χ1) is 3.46. The molecule has 0 aliphatic rings. The van der Waals surface area contributed by atoms with Crippen molar-refractivity contribution in [2.45, 2.75) is 13.8 Å². The molecule has 0 aliphatic carbocycles. The molecule has 0 nitrogen and oxygen atoms in total. The van der Waals surface area contributed by atoms with Gasteiger partial charge in [-0.15, -0.1) is 0 Å². The van der Waals surface area contributed by atoms with Gasteiger partial charge in [0.25, 0.3) is 0 Å². The van der Waals surface area contributed by atoms with E-state index in [2.05, 4.69) is 57.4 Å². The topological polar surface area (TPSA) is 0 Å². The van der Waals surface area contributed by atoms with E-state index in [0.29, 0.717) is 5.92 Å². The SMILES string of the molecule is [Br][Zr]([Br])[Br].[CH2-]C(C)C. The Bertz CT molecular complexity index is 26.8. The van der Waals surface area contributed by atoms with Crippen molar-refractivity contribution in [3.8, 4) is 0 Å². The summed E-state index contributed by atoms with van der Waals surface area (Å²) in [5.41, 5.74) is 0. The van der Waals surface area contributed by atoms with Crippen molar-refractivity contribution < 1.29 is 14.7 Å². The van der Waals surface area contributed by atoms with Crippen molar-refractivity contribution in [2.24, 2.45) is 5.92 Å². The van der Waals surface area contributed by atoms with Gasteiger partial charge in [0.1, 0.15) is 0 Å². The summed E-state index contributed by atoms with van der Waals surface area (Å²) < 4.78 is 0. The Kier molecular flexibility index (Phi) is 15.1. The fourth-order valence-electron chi connectivity index (χ4n) is 0. The predicted octanol–water partition coefficient (Wildman–Crippen LogP) is 4.01. The summed E-state index contributed by atoms with van der Waals surface area (Å²) >= 11 is 8.80. The molecule has 4 heteroatoms. The van der Waals surface area contributed by atoms with E-state index < -0.39 is 14.7 Å². The molecule has 0 aliphatic heterocycles. The molecule has 0 heterocycles. The van der Waals surface area contributed by atoms with Crippen LogP contribution >= 0.6 is 36.7 Å². The van der Waals surface area contributed by atoms with Crippen LogP contribution in [0.2, 0.25) is 0 Å². The van der Waals surface area contributed by atoms with Crippen LogP contribution in [0.4, 0.5) is 0 Å². The first-order valence-corrected chi connectivity index (χ1v) is 19.0. The molecule has 0 bridgehead atoms. The molecule has 0 fully saturated rings. The average Bonchev–Trinajstić information content (AvgIpc) is 1.25. The van der Waals surface area contributed by atoms with Crippen LogP contribution in [-0.2, 0) is 14.7 Å². The molecule has 0 saturated carbocycles. The van der Waals surface area contributed by atoms with Gasteiger partial charge in [-0.05, 0) is 0 Å². The van der Waals surface area contributed by atoms with Crippen molar-refractivity contribution in [1.29, 1.82) is 0 Å². The van der Waals surface area contributed by atoms with E-state index >= 15 is 0 Å². The number of rotatable bonds is 0. The average molecular weight is 388 g/mol. The van der Waals surface area contributed by atoms with Crippen molar-refractivity contribution in [3.05, 3.63) is 6.92 Å². The molecule has 0 saturated heterocycles. The van der Waals surface area contributed by atoms with Crippen LogP contribution in [0.3, 0.4) is 0 Å². The Morgan fingerprint density at radius 1 is 1.25 bits per heavy atom. The summed E-state index contributed by atoms with van der Waals surface area (Å²) in [6.07, 6.45) is 0. The van der Waals surface area contributed by atoms with Crippen molar-refractivity contribution in [2.75, 3.05) is 0 Å². The first kappa shape index (κ1) is 13.0. The van der Waals surface area contributed by atoms with Gasteiger partial charge in [-0.25, -0.2) is 0 Å². The summed E-state index contributed by atoms with van der Waals surface area (Å²) in [6, 6.07) is 0. The van der Waals surface area contributed by atoms with E-state index in [1.807, 2.05) is 0 Å². The van der Waals surface area contributed by atoms with Crippen LogP contribution in [0, 0.1) is 12.8 Å². The van der Waals surface area contributed by atoms with E-state index in [1.54, 1.807) is 0 Å². The maximum absolute atomic E-state index is 3.64. The standard InChI is InChI=1S/C4H9.3BrH.Zr/c1-4(2)3;;;;/h4H,1H2,2-3H3;3*1H;/q-1;;;;+3/p-3. The van der Waals surface area contributed by atoms with Crippen LogP contribution in [-0.4, -0.2) is 0 Å². The summed E-state index contributed by atoms with van der Waals surface area (Å²) in [5.74, 6) is 0.583. The number of halogens is 3. The maximum atomic E-state index is 3.64. The minimum absolute atomic E-state index is 0.583. The first-order valence-electron chi connectivity index (χ1n) is 2.13. The molecule has 0 N–H and O–H groups in total. The van der Waals surface area contributed by atoms with Gasteiger partial charge in [0, 0.05) is 0 Å². The van der Waals surface area contributed by atoms with E-state index in [4.69, 9.17) is 0 Å². The number of hydrogen-bond acceptors (Lipinski definition) is 0. The fourth-order valence-corrected chi connectivity index (χ4v) is 0. The zero-order valence-corrected chi connectivity index (χ0v) is 12.1. The molecule has 0 aromatic carbocycles. The molecule has 0 radical (unpaired) electrons. The molecule has 0 spiro atoms. The third-order valence-electron chi connectivity index (χ3n) is 0. The van der Waals surface area contributed by atoms with Gasteiger partial charge >= 0.3 is 51.4 Å². The van der Waals surface area contributed by atoms with Crippen LogP contribution in [0.1, 0.15) is 13.8 Å². The number of hydrogen-bond donors (Lipinski definition) is 0. The van der Waals surface area contributed by atoms with Crippen molar-refractivity contribution >= 4 is 36.7 Å². The van der Waals surface area contributed by atoms with E-state index in [1.165, 1.54) is 0 Å². The Hall–Kier alpha value is 2.32. The van der Waals surface area contributed by atoms with Crippen LogP contribution < -0.4 is 0 Å². The fraction of sp³-hybridized carbons (Fsp3) is 0.750. The molecule has 51 valence electrons. The second kappa shape index (κ2) is 9.32. The van der Waals surface area contributed by atoms with Gasteiger partial charge in [-0.2, -0.15) is 5.92 Å². The van der Waals surface area contributed by atoms with Gasteiger partial charge < -0.3 is 6.92 Å². The Morgan fingerprint density at radius 2 is 1.25 bits per heavy atom. The van der Waals surface area contributed by atoms with E-state index in [-0.39, 0.29) is 0 Å². The molecule has 0 rings (SSSR count). The summed E-state index contributed by atoms with van der Waals surface area (Å²) in [5, 5.41) is 0. The minimum atomic E-state index is -1.11. The quantitative estimate of drug-likeness (QED) is 0.551.